The van der Waals surface area contributed by atoms with Crippen LogP contribution in [-0.4, -0.2) is 52.8 Å². The minimum atomic E-state index is -0.616. The predicted octanol–water partition coefficient (Wildman–Crippen LogP) is 4.90. The average Bonchev–Trinajstić information content (AvgIpc) is 3.55. The van der Waals surface area contributed by atoms with Gasteiger partial charge in [-0.1, -0.05) is 0 Å². The van der Waals surface area contributed by atoms with Gasteiger partial charge in [-0.05, 0) is 82.1 Å². The summed E-state index contributed by atoms with van der Waals surface area (Å²) in [5.74, 6) is 2.29. The first kappa shape index (κ1) is 26.2. The lowest BCUT2D eigenvalue weighted by Gasteiger charge is -2.32. The number of hydrogen-bond acceptors (Lipinski definition) is 7. The molecule has 2 fully saturated rings. The van der Waals surface area contributed by atoms with E-state index in [1.165, 1.54) is 12.1 Å². The number of carbonyl (C=O) groups is 1. The lowest BCUT2D eigenvalue weighted by molar-refractivity contribution is 0.0869. The van der Waals surface area contributed by atoms with Gasteiger partial charge in [-0.15, -0.1) is 0 Å². The number of benzene rings is 1. The van der Waals surface area contributed by atoms with Crippen LogP contribution >= 0.6 is 0 Å². The molecule has 1 aliphatic heterocycles. The smallest absolute Gasteiger partial charge is 0.254 e. The third-order valence-electron chi connectivity index (χ3n) is 7.57. The first-order chi connectivity index (χ1) is 18.5. The van der Waals surface area contributed by atoms with Crippen LogP contribution in [0.3, 0.4) is 0 Å². The second-order valence-electron chi connectivity index (χ2n) is 10.3. The lowest BCUT2D eigenvalue weighted by Crippen LogP contribution is -2.40. The number of nitrogens with zero attached hydrogens (tertiary/aromatic N) is 3. The number of aliphatic hydroxyl groups excluding tert-OH is 1. The van der Waals surface area contributed by atoms with Gasteiger partial charge in [-0.3, -0.25) is 4.79 Å². The molecule has 2 aliphatic rings. The van der Waals surface area contributed by atoms with E-state index in [4.69, 9.17) is 9.15 Å². The van der Waals surface area contributed by atoms with E-state index in [1.807, 2.05) is 31.5 Å². The number of halogens is 1. The number of nitrogens with one attached hydrogen (secondary N) is 1. The second kappa shape index (κ2) is 11.9. The number of furan rings is 1. The predicted molar refractivity (Wildman–Crippen MR) is 142 cm³/mol. The van der Waals surface area contributed by atoms with E-state index < -0.39 is 17.8 Å². The monoisotopic (exact) mass is 522 g/mol. The Labute approximate surface area is 222 Å². The van der Waals surface area contributed by atoms with Crippen LogP contribution in [0.5, 0.6) is 5.75 Å². The van der Waals surface area contributed by atoms with Gasteiger partial charge in [0.2, 0.25) is 5.95 Å². The average molecular weight is 523 g/mol. The number of rotatable bonds is 9. The fourth-order valence-corrected chi connectivity index (χ4v) is 5.31. The van der Waals surface area contributed by atoms with Gasteiger partial charge < -0.3 is 24.5 Å². The molecule has 3 heterocycles. The number of amides is 1. The Morgan fingerprint density at radius 3 is 2.61 bits per heavy atom. The van der Waals surface area contributed by atoms with Gasteiger partial charge in [0.25, 0.3) is 5.91 Å². The number of hydrogen-bond donors (Lipinski definition) is 2. The highest BCUT2D eigenvalue weighted by Gasteiger charge is 2.27. The van der Waals surface area contributed by atoms with Crippen LogP contribution in [0.1, 0.15) is 61.1 Å². The summed E-state index contributed by atoms with van der Waals surface area (Å²) < 4.78 is 25.9. The highest BCUT2D eigenvalue weighted by molar-refractivity contribution is 5.94. The molecule has 3 aromatic rings. The molecule has 9 heteroatoms. The lowest BCUT2D eigenvalue weighted by atomic mass is 9.92. The number of aromatic nitrogens is 2. The van der Waals surface area contributed by atoms with Gasteiger partial charge in [0.15, 0.2) is 0 Å². The third-order valence-corrected chi connectivity index (χ3v) is 7.57. The maximum atomic E-state index is 14.5. The van der Waals surface area contributed by atoms with Gasteiger partial charge in [-0.25, -0.2) is 14.4 Å². The summed E-state index contributed by atoms with van der Waals surface area (Å²) in [5, 5.41) is 12.6. The maximum Gasteiger partial charge on any atom is 0.254 e. The van der Waals surface area contributed by atoms with Crippen molar-refractivity contribution in [3.8, 4) is 17.1 Å². The molecule has 202 valence electrons. The van der Waals surface area contributed by atoms with E-state index in [1.54, 1.807) is 6.07 Å². The van der Waals surface area contributed by atoms with E-state index in [9.17, 15) is 14.3 Å². The zero-order chi connectivity index (χ0) is 26.5. The molecule has 8 nitrogen and oxygen atoms in total. The Morgan fingerprint density at radius 2 is 1.95 bits per heavy atom. The van der Waals surface area contributed by atoms with Crippen LogP contribution in [0.15, 0.2) is 47.1 Å². The fraction of sp³-hybridized carbons (Fsp3) is 0.483. The Hall–Kier alpha value is -3.46. The highest BCUT2D eigenvalue weighted by Crippen LogP contribution is 2.26. The molecule has 1 saturated carbocycles. The molecule has 0 unspecified atom stereocenters. The van der Waals surface area contributed by atoms with Crippen LogP contribution in [0.4, 0.5) is 10.3 Å². The van der Waals surface area contributed by atoms with Crippen molar-refractivity contribution in [3.05, 3.63) is 59.9 Å². The highest BCUT2D eigenvalue weighted by atomic mass is 19.1. The number of carbonyl (C=O) groups excluding carboxylic acids is 1. The first-order valence-corrected chi connectivity index (χ1v) is 13.5. The summed E-state index contributed by atoms with van der Waals surface area (Å²) in [6.45, 7) is 4.24. The van der Waals surface area contributed by atoms with Crippen LogP contribution in [0, 0.1) is 18.7 Å². The minimum Gasteiger partial charge on any atom is -0.493 e. The van der Waals surface area contributed by atoms with Gasteiger partial charge in [0, 0.05) is 31.5 Å². The molecule has 0 bridgehead atoms. The second-order valence-corrected chi connectivity index (χ2v) is 10.3. The van der Waals surface area contributed by atoms with Gasteiger partial charge in [-0.2, -0.15) is 0 Å². The molecule has 1 saturated heterocycles. The molecule has 2 atom stereocenters. The van der Waals surface area contributed by atoms with E-state index >= 15 is 0 Å². The molecular formula is C29H35FN4O4. The van der Waals surface area contributed by atoms with Gasteiger partial charge in [0.1, 0.15) is 23.1 Å². The van der Waals surface area contributed by atoms with Gasteiger partial charge in [0.05, 0.1) is 29.9 Å². The standard InChI is InChI=1S/C29H35FN4O4/c1-19-7-10-27(38-19)21-17-31-29(32-18-21)34-13-11-20(12-14-34)4-3-15-37-22-8-9-23(24(30)16-22)28(36)33-25-5-2-6-26(25)35/h7-10,16-18,20,25-26,35H,2-6,11-15H2,1H3,(H,33,36)/t25-,26+/m0/s1. The minimum absolute atomic E-state index is 0.0297. The summed E-state index contributed by atoms with van der Waals surface area (Å²) >= 11 is 0. The Kier molecular flexibility index (Phi) is 8.22. The summed E-state index contributed by atoms with van der Waals surface area (Å²) in [5.41, 5.74) is 0.844. The van der Waals surface area contributed by atoms with E-state index in [2.05, 4.69) is 20.2 Å². The van der Waals surface area contributed by atoms with Crippen LogP contribution < -0.4 is 15.0 Å². The Bertz CT molecular complexity index is 1220. The van der Waals surface area contributed by atoms with Crippen LogP contribution in [0.25, 0.3) is 11.3 Å². The molecule has 1 amide bonds. The normalized spacial score (nSPS) is 20.0. The summed E-state index contributed by atoms with van der Waals surface area (Å²) in [6.07, 6.45) is 9.34. The van der Waals surface area contributed by atoms with Crippen molar-refractivity contribution >= 4 is 11.9 Å². The summed E-state index contributed by atoms with van der Waals surface area (Å²) in [4.78, 5) is 23.7. The number of aliphatic hydroxyl groups is 1. The molecule has 2 N–H and O–H groups in total. The quantitative estimate of drug-likeness (QED) is 0.386. The molecule has 0 spiro atoms. The molecule has 0 radical (unpaired) electrons. The Morgan fingerprint density at radius 1 is 1.16 bits per heavy atom. The summed E-state index contributed by atoms with van der Waals surface area (Å²) in [7, 11) is 0. The van der Waals surface area contributed by atoms with Crippen molar-refractivity contribution in [2.24, 2.45) is 5.92 Å². The molecule has 5 rings (SSSR count). The van der Waals surface area contributed by atoms with E-state index in [-0.39, 0.29) is 11.6 Å². The number of anilines is 1. The van der Waals surface area contributed by atoms with Crippen molar-refractivity contribution in [2.45, 2.75) is 64.0 Å². The number of aryl methyl sites for hydroxylation is 1. The van der Waals surface area contributed by atoms with Crippen molar-refractivity contribution < 1.29 is 23.4 Å². The third kappa shape index (κ3) is 6.32. The van der Waals surface area contributed by atoms with Crippen molar-refractivity contribution in [2.75, 3.05) is 24.6 Å². The number of ether oxygens (including phenoxy) is 1. The molecule has 1 aliphatic carbocycles. The summed E-state index contributed by atoms with van der Waals surface area (Å²) in [6, 6.07) is 7.88. The fourth-order valence-electron chi connectivity index (χ4n) is 5.31. The zero-order valence-corrected chi connectivity index (χ0v) is 21.7. The topological polar surface area (TPSA) is 101 Å². The number of piperidine rings is 1. The molecule has 38 heavy (non-hydrogen) atoms. The van der Waals surface area contributed by atoms with Crippen molar-refractivity contribution in [1.29, 1.82) is 0 Å². The van der Waals surface area contributed by atoms with E-state index in [0.29, 0.717) is 31.1 Å². The zero-order valence-electron chi connectivity index (χ0n) is 21.7. The molecule has 2 aromatic heterocycles. The van der Waals surface area contributed by atoms with Gasteiger partial charge >= 0.3 is 0 Å². The van der Waals surface area contributed by atoms with Crippen LogP contribution in [0.2, 0.25) is 0 Å². The SMILES string of the molecule is Cc1ccc(-c2cnc(N3CCC(CCCOc4ccc(C(=O)N[C@H]5CCC[C@H]5O)c(F)c4)CC3)nc2)o1. The van der Waals surface area contributed by atoms with Crippen LogP contribution in [-0.2, 0) is 0 Å². The van der Waals surface area contributed by atoms with Crippen molar-refractivity contribution in [3.63, 3.8) is 0 Å². The molecular weight excluding hydrogens is 487 g/mol. The van der Waals surface area contributed by atoms with E-state index in [0.717, 1.165) is 68.2 Å². The largest absolute Gasteiger partial charge is 0.493 e. The van der Waals surface area contributed by atoms with Crippen molar-refractivity contribution in [1.82, 2.24) is 15.3 Å². The Balaban J connectivity index is 1.02. The maximum absolute atomic E-state index is 14.5. The molecule has 1 aromatic carbocycles. The first-order valence-electron chi connectivity index (χ1n) is 13.5.